The molecule has 0 N–H and O–H groups in total. The number of imide groups is 1. The number of ketones is 1. The molecule has 2 saturated carbocycles. The maximum atomic E-state index is 13.7. The van der Waals surface area contributed by atoms with Gasteiger partial charge in [-0.1, -0.05) is 46.6 Å². The highest BCUT2D eigenvalue weighted by Crippen LogP contribution is 2.56. The quantitative estimate of drug-likeness (QED) is 0.112. The zero-order chi connectivity index (χ0) is 31.6. The summed E-state index contributed by atoms with van der Waals surface area (Å²) in [6.07, 6.45) is 2.69. The van der Waals surface area contributed by atoms with Gasteiger partial charge >= 0.3 is 5.97 Å². The van der Waals surface area contributed by atoms with E-state index in [1.807, 2.05) is 31.2 Å². The molecule has 1 saturated heterocycles. The number of hydrogen-bond acceptors (Lipinski definition) is 6. The number of fused-ring (bicyclic) bond motifs is 6. The van der Waals surface area contributed by atoms with E-state index in [1.165, 1.54) is 4.90 Å². The van der Waals surface area contributed by atoms with Crippen LogP contribution in [0.4, 0.5) is 5.69 Å². The number of carbonyl (C=O) groups excluding carboxylic acids is 4. The first-order chi connectivity index (χ1) is 21.6. The predicted molar refractivity (Wildman–Crippen MR) is 175 cm³/mol. The second-order valence-electron chi connectivity index (χ2n) is 12.2. The SMILES string of the molecule is CCc1cc(Br)cc2c(C(=O)OC(C)C(=O)c3ccc(Cl)cc3)cc(-c3ccc(N4C(=O)C5C6CCC(C6)C5C4=O)cc3)nc12. The molecule has 4 aromatic rings. The fourth-order valence-electron chi connectivity index (χ4n) is 7.52. The van der Waals surface area contributed by atoms with Crippen LogP contribution in [-0.2, 0) is 20.7 Å². The van der Waals surface area contributed by atoms with Crippen molar-refractivity contribution in [2.24, 2.45) is 23.7 Å². The zero-order valence-electron chi connectivity index (χ0n) is 24.8. The maximum Gasteiger partial charge on any atom is 0.339 e. The lowest BCUT2D eigenvalue weighted by molar-refractivity contribution is -0.123. The maximum absolute atomic E-state index is 13.7. The number of ether oxygens (including phenoxy) is 1. The molecule has 0 spiro atoms. The number of anilines is 1. The Morgan fingerprint density at radius 3 is 2.24 bits per heavy atom. The Morgan fingerprint density at radius 2 is 1.62 bits per heavy atom. The summed E-state index contributed by atoms with van der Waals surface area (Å²) in [5.41, 5.74) is 4.05. The van der Waals surface area contributed by atoms with E-state index in [9.17, 15) is 19.2 Å². The van der Waals surface area contributed by atoms with Gasteiger partial charge in [0.1, 0.15) is 0 Å². The van der Waals surface area contributed by atoms with E-state index in [0.717, 1.165) is 29.3 Å². The molecule has 3 fully saturated rings. The van der Waals surface area contributed by atoms with Crippen molar-refractivity contribution >= 4 is 67.7 Å². The summed E-state index contributed by atoms with van der Waals surface area (Å²) < 4.78 is 6.51. The molecular formula is C36H30BrClN2O5. The van der Waals surface area contributed by atoms with E-state index >= 15 is 0 Å². The van der Waals surface area contributed by atoms with Crippen molar-refractivity contribution in [2.45, 2.75) is 45.6 Å². The first kappa shape index (κ1) is 29.8. The molecule has 2 heterocycles. The minimum atomic E-state index is -1.03. The van der Waals surface area contributed by atoms with Crippen molar-refractivity contribution in [1.29, 1.82) is 0 Å². The van der Waals surface area contributed by atoms with E-state index in [-0.39, 0.29) is 35.0 Å². The van der Waals surface area contributed by atoms with Gasteiger partial charge < -0.3 is 4.74 Å². The molecule has 0 radical (unpaired) electrons. The molecule has 2 aliphatic carbocycles. The number of pyridine rings is 1. The molecule has 1 aromatic heterocycles. The Morgan fingerprint density at radius 1 is 0.978 bits per heavy atom. The molecule has 45 heavy (non-hydrogen) atoms. The largest absolute Gasteiger partial charge is 0.451 e. The van der Waals surface area contributed by atoms with Gasteiger partial charge in [0.25, 0.3) is 0 Å². The van der Waals surface area contributed by atoms with Crippen LogP contribution in [0, 0.1) is 23.7 Å². The summed E-state index contributed by atoms with van der Waals surface area (Å²) in [5.74, 6) is -0.897. The van der Waals surface area contributed by atoms with Crippen LogP contribution in [-0.4, -0.2) is 34.7 Å². The Labute approximate surface area is 274 Å². The standard InChI is InChI=1S/C36H30BrClN2O5/c1-3-19-15-24(37)16-27-28(36(44)45-18(2)33(41)21-6-10-25(38)11-7-21)17-29(39-32(19)27)20-8-12-26(13-9-20)40-34(42)30-22-4-5-23(14-22)31(30)35(40)43/h6-13,15-18,22-23,30-31H,3-5,14H2,1-2H3. The van der Waals surface area contributed by atoms with Crippen LogP contribution < -0.4 is 4.90 Å². The van der Waals surface area contributed by atoms with Gasteiger partial charge in [0, 0.05) is 26.0 Å². The molecule has 3 aliphatic rings. The van der Waals surface area contributed by atoms with Gasteiger partial charge in [-0.25, -0.2) is 9.78 Å². The summed E-state index contributed by atoms with van der Waals surface area (Å²) in [5, 5.41) is 1.11. The topological polar surface area (TPSA) is 93.6 Å². The molecule has 2 bridgehead atoms. The van der Waals surface area contributed by atoms with E-state index < -0.39 is 12.1 Å². The Bertz CT molecular complexity index is 1860. The number of aryl methyl sites for hydroxylation is 1. The zero-order valence-corrected chi connectivity index (χ0v) is 27.1. The fraction of sp³-hybridized carbons (Fsp3) is 0.306. The second kappa shape index (κ2) is 11.5. The van der Waals surface area contributed by atoms with E-state index in [0.29, 0.717) is 56.7 Å². The van der Waals surface area contributed by atoms with Gasteiger partial charge in [0.2, 0.25) is 17.6 Å². The molecule has 7 rings (SSSR count). The summed E-state index contributed by atoms with van der Waals surface area (Å²) in [4.78, 5) is 59.7. The van der Waals surface area contributed by atoms with Crippen LogP contribution in [0.15, 0.2) is 71.2 Å². The lowest BCUT2D eigenvalue weighted by atomic mass is 9.81. The predicted octanol–water partition coefficient (Wildman–Crippen LogP) is 7.84. The Kier molecular flexibility index (Phi) is 7.61. The van der Waals surface area contributed by atoms with Crippen molar-refractivity contribution in [1.82, 2.24) is 4.98 Å². The van der Waals surface area contributed by atoms with Crippen molar-refractivity contribution in [3.8, 4) is 11.3 Å². The molecule has 9 heteroatoms. The van der Waals surface area contributed by atoms with E-state index in [2.05, 4.69) is 15.9 Å². The normalized spacial score (nSPS) is 22.6. The van der Waals surface area contributed by atoms with Crippen molar-refractivity contribution in [3.63, 3.8) is 0 Å². The molecule has 3 aromatic carbocycles. The van der Waals surface area contributed by atoms with Crippen molar-refractivity contribution in [2.75, 3.05) is 4.90 Å². The molecule has 228 valence electrons. The van der Waals surface area contributed by atoms with Gasteiger partial charge in [-0.05, 0) is 105 Å². The molecule has 5 unspecified atom stereocenters. The average molecular weight is 686 g/mol. The number of amides is 2. The number of esters is 1. The van der Waals surface area contributed by atoms with Gasteiger partial charge in [-0.15, -0.1) is 0 Å². The highest BCUT2D eigenvalue weighted by Gasteiger charge is 2.61. The third kappa shape index (κ3) is 5.08. The second-order valence-corrected chi connectivity index (χ2v) is 13.6. The highest BCUT2D eigenvalue weighted by atomic mass is 79.9. The lowest BCUT2D eigenvalue weighted by Crippen LogP contribution is -2.32. The Hall–Kier alpha value is -3.88. The minimum absolute atomic E-state index is 0.0840. The van der Waals surface area contributed by atoms with Crippen molar-refractivity contribution < 1.29 is 23.9 Å². The van der Waals surface area contributed by atoms with E-state index in [1.54, 1.807) is 49.4 Å². The average Bonchev–Trinajstić information content (AvgIpc) is 3.73. The van der Waals surface area contributed by atoms with Gasteiger partial charge in [0.05, 0.1) is 34.3 Å². The lowest BCUT2D eigenvalue weighted by Gasteiger charge is -2.19. The third-order valence-electron chi connectivity index (χ3n) is 9.69. The summed E-state index contributed by atoms with van der Waals surface area (Å²) >= 11 is 9.52. The van der Waals surface area contributed by atoms with Gasteiger partial charge in [-0.2, -0.15) is 0 Å². The summed E-state index contributed by atoms with van der Waals surface area (Å²) in [6.45, 7) is 3.56. The minimum Gasteiger partial charge on any atom is -0.451 e. The number of Topliss-reactive ketones (excluding diaryl/α,β-unsaturated/α-hetero) is 1. The van der Waals surface area contributed by atoms with Crippen LogP contribution in [0.5, 0.6) is 0 Å². The summed E-state index contributed by atoms with van der Waals surface area (Å²) in [7, 11) is 0. The first-order valence-corrected chi connectivity index (χ1v) is 16.4. The molecular weight excluding hydrogens is 656 g/mol. The number of benzene rings is 3. The smallest absolute Gasteiger partial charge is 0.339 e. The Balaban J connectivity index is 1.22. The fourth-order valence-corrected chi connectivity index (χ4v) is 8.15. The van der Waals surface area contributed by atoms with E-state index in [4.69, 9.17) is 21.3 Å². The summed E-state index contributed by atoms with van der Waals surface area (Å²) in [6, 6.07) is 19.1. The van der Waals surface area contributed by atoms with Crippen LogP contribution in [0.3, 0.4) is 0 Å². The van der Waals surface area contributed by atoms with Crippen LogP contribution in [0.1, 0.15) is 59.4 Å². The van der Waals surface area contributed by atoms with Crippen LogP contribution in [0.25, 0.3) is 22.2 Å². The van der Waals surface area contributed by atoms with Crippen molar-refractivity contribution in [3.05, 3.63) is 92.9 Å². The van der Waals surface area contributed by atoms with Gasteiger partial charge in [-0.3, -0.25) is 19.3 Å². The first-order valence-electron chi connectivity index (χ1n) is 15.3. The number of nitrogens with zero attached hydrogens (tertiary/aromatic N) is 2. The number of halogens is 2. The number of carbonyl (C=O) groups is 4. The third-order valence-corrected chi connectivity index (χ3v) is 10.4. The number of rotatable bonds is 7. The van der Waals surface area contributed by atoms with Crippen LogP contribution in [0.2, 0.25) is 5.02 Å². The molecule has 1 aliphatic heterocycles. The highest BCUT2D eigenvalue weighted by molar-refractivity contribution is 9.10. The number of hydrogen-bond donors (Lipinski definition) is 0. The molecule has 2 amide bonds. The molecule has 7 nitrogen and oxygen atoms in total. The van der Waals surface area contributed by atoms with Gasteiger partial charge in [0.15, 0.2) is 6.10 Å². The number of aromatic nitrogens is 1. The van der Waals surface area contributed by atoms with Crippen LogP contribution >= 0.6 is 27.5 Å². The molecule has 5 atom stereocenters. The monoisotopic (exact) mass is 684 g/mol.